The number of benzene rings is 1. The zero-order valence-corrected chi connectivity index (χ0v) is 10.3. The van der Waals surface area contributed by atoms with Gasteiger partial charge in [-0.05, 0) is 25.1 Å². The average molecular weight is 263 g/mol. The van der Waals surface area contributed by atoms with Gasteiger partial charge in [-0.15, -0.1) is 0 Å². The number of ether oxygens (including phenoxy) is 1. The molecule has 0 bridgehead atoms. The van der Waals surface area contributed by atoms with Gasteiger partial charge in [-0.2, -0.15) is 0 Å². The average Bonchev–Trinajstić information content (AvgIpc) is 2.81. The van der Waals surface area contributed by atoms with E-state index in [0.717, 1.165) is 16.9 Å². The first-order valence-corrected chi connectivity index (χ1v) is 5.91. The minimum Gasteiger partial charge on any atom is -0.422 e. The Kier molecular flexibility index (Phi) is 3.38. The summed E-state index contributed by atoms with van der Waals surface area (Å²) in [6.07, 6.45) is 0. The molecular weight excluding hydrogens is 254 g/mol. The van der Waals surface area contributed by atoms with Gasteiger partial charge in [0.2, 0.25) is 0 Å². The number of nitrogens with zero attached hydrogens (tertiary/aromatic N) is 1. The Morgan fingerprint density at radius 3 is 2.44 bits per heavy atom. The minimum atomic E-state index is -0.586. The molecule has 1 heterocycles. The normalized spacial score (nSPS) is 10.1. The van der Waals surface area contributed by atoms with E-state index in [0.29, 0.717) is 5.75 Å². The number of rotatable bonds is 3. The number of hydrogen-bond acceptors (Lipinski definition) is 5. The summed E-state index contributed by atoms with van der Waals surface area (Å²) in [6.45, 7) is 1.92. The monoisotopic (exact) mass is 263 g/mol. The number of nitro groups is 1. The third-order valence-corrected chi connectivity index (χ3v) is 3.22. The Morgan fingerprint density at radius 1 is 1.22 bits per heavy atom. The van der Waals surface area contributed by atoms with Crippen molar-refractivity contribution >= 4 is 22.3 Å². The lowest BCUT2D eigenvalue weighted by atomic mass is 10.2. The molecule has 0 atom stereocenters. The zero-order chi connectivity index (χ0) is 13.1. The maximum absolute atomic E-state index is 11.7. The van der Waals surface area contributed by atoms with E-state index < -0.39 is 10.9 Å². The van der Waals surface area contributed by atoms with E-state index in [9.17, 15) is 14.9 Å². The van der Waals surface area contributed by atoms with Crippen LogP contribution in [0.5, 0.6) is 5.75 Å². The Labute approximate surface area is 107 Å². The summed E-state index contributed by atoms with van der Waals surface area (Å²) in [5.74, 6) is -0.168. The van der Waals surface area contributed by atoms with Gasteiger partial charge in [0.15, 0.2) is 0 Å². The molecule has 0 unspecified atom stereocenters. The summed E-state index contributed by atoms with van der Waals surface area (Å²) in [5, 5.41) is 10.4. The van der Waals surface area contributed by atoms with Gasteiger partial charge in [-0.1, -0.05) is 29.0 Å². The van der Waals surface area contributed by atoms with Gasteiger partial charge < -0.3 is 4.74 Å². The summed E-state index contributed by atoms with van der Waals surface area (Å²) >= 11 is 0.798. The number of esters is 1. The van der Waals surface area contributed by atoms with Gasteiger partial charge in [0.1, 0.15) is 10.6 Å². The summed E-state index contributed by atoms with van der Waals surface area (Å²) in [4.78, 5) is 21.9. The van der Waals surface area contributed by atoms with Crippen molar-refractivity contribution in [2.24, 2.45) is 0 Å². The molecule has 2 rings (SSSR count). The number of aryl methyl sites for hydroxylation is 1. The third-order valence-electron chi connectivity index (χ3n) is 2.20. The van der Waals surface area contributed by atoms with Crippen LogP contribution in [0, 0.1) is 17.0 Å². The molecule has 0 aliphatic heterocycles. The molecule has 2 aromatic rings. The SMILES string of the molecule is Cc1ccc(OC(=O)c2ccc([N+](=O)[O-])s2)cc1. The van der Waals surface area contributed by atoms with Crippen molar-refractivity contribution in [3.05, 3.63) is 57.0 Å². The molecule has 0 aliphatic rings. The molecule has 0 saturated carbocycles. The highest BCUT2D eigenvalue weighted by Gasteiger charge is 2.16. The Morgan fingerprint density at radius 2 is 1.89 bits per heavy atom. The lowest BCUT2D eigenvalue weighted by Gasteiger charge is -2.02. The first kappa shape index (κ1) is 12.3. The van der Waals surface area contributed by atoms with Gasteiger partial charge in [-0.3, -0.25) is 10.1 Å². The van der Waals surface area contributed by atoms with Crippen molar-refractivity contribution in [2.45, 2.75) is 6.92 Å². The molecule has 0 fully saturated rings. The molecule has 0 radical (unpaired) electrons. The molecule has 1 aromatic carbocycles. The number of carbonyl (C=O) groups is 1. The van der Waals surface area contributed by atoms with Crippen LogP contribution in [-0.4, -0.2) is 10.9 Å². The molecule has 6 heteroatoms. The van der Waals surface area contributed by atoms with E-state index in [2.05, 4.69) is 0 Å². The number of carbonyl (C=O) groups excluding carboxylic acids is 1. The predicted molar refractivity (Wildman–Crippen MR) is 67.1 cm³/mol. The molecular formula is C12H9NO4S. The van der Waals surface area contributed by atoms with E-state index in [1.54, 1.807) is 12.1 Å². The van der Waals surface area contributed by atoms with Crippen molar-refractivity contribution in [1.29, 1.82) is 0 Å². The smallest absolute Gasteiger partial charge is 0.353 e. The van der Waals surface area contributed by atoms with Crippen molar-refractivity contribution in [1.82, 2.24) is 0 Å². The van der Waals surface area contributed by atoms with Crippen LogP contribution in [0.4, 0.5) is 5.00 Å². The second-order valence-electron chi connectivity index (χ2n) is 3.60. The Balaban J connectivity index is 2.11. The fraction of sp³-hybridized carbons (Fsp3) is 0.0833. The van der Waals surface area contributed by atoms with Crippen LogP contribution in [-0.2, 0) is 0 Å². The molecule has 92 valence electrons. The standard InChI is InChI=1S/C12H9NO4S/c1-8-2-4-9(5-3-8)17-12(14)10-6-7-11(18-10)13(15)16/h2-7H,1H3. The molecule has 1 aromatic heterocycles. The van der Waals surface area contributed by atoms with E-state index in [-0.39, 0.29) is 9.88 Å². The highest BCUT2D eigenvalue weighted by molar-refractivity contribution is 7.17. The van der Waals surface area contributed by atoms with Gasteiger partial charge in [0.25, 0.3) is 0 Å². The Bertz CT molecular complexity index is 588. The van der Waals surface area contributed by atoms with Crippen LogP contribution >= 0.6 is 11.3 Å². The zero-order valence-electron chi connectivity index (χ0n) is 9.45. The molecule has 0 amide bonds. The number of thiophene rings is 1. The van der Waals surface area contributed by atoms with E-state index in [1.807, 2.05) is 19.1 Å². The molecule has 0 spiro atoms. The second-order valence-corrected chi connectivity index (χ2v) is 4.66. The minimum absolute atomic E-state index is 0.0779. The van der Waals surface area contributed by atoms with Crippen molar-refractivity contribution in [3.63, 3.8) is 0 Å². The van der Waals surface area contributed by atoms with Crippen LogP contribution in [0.3, 0.4) is 0 Å². The molecule has 0 N–H and O–H groups in total. The van der Waals surface area contributed by atoms with E-state index >= 15 is 0 Å². The lowest BCUT2D eigenvalue weighted by molar-refractivity contribution is -0.380. The molecule has 18 heavy (non-hydrogen) atoms. The van der Waals surface area contributed by atoms with E-state index in [1.165, 1.54) is 12.1 Å². The first-order chi connectivity index (χ1) is 8.56. The fourth-order valence-corrected chi connectivity index (χ4v) is 2.00. The molecule has 5 nitrogen and oxygen atoms in total. The van der Waals surface area contributed by atoms with Gasteiger partial charge in [0, 0.05) is 6.07 Å². The second kappa shape index (κ2) is 4.97. The summed E-state index contributed by atoms with van der Waals surface area (Å²) < 4.78 is 5.10. The van der Waals surface area contributed by atoms with Gasteiger partial charge >= 0.3 is 11.0 Å². The van der Waals surface area contributed by atoms with Gasteiger partial charge in [0.05, 0.1) is 4.92 Å². The predicted octanol–water partition coefficient (Wildman–Crippen LogP) is 3.18. The largest absolute Gasteiger partial charge is 0.422 e. The highest BCUT2D eigenvalue weighted by atomic mass is 32.1. The topological polar surface area (TPSA) is 69.4 Å². The summed E-state index contributed by atoms with van der Waals surface area (Å²) in [5.41, 5.74) is 1.06. The van der Waals surface area contributed by atoms with Crippen LogP contribution in [0.1, 0.15) is 15.2 Å². The van der Waals surface area contributed by atoms with Crippen molar-refractivity contribution in [2.75, 3.05) is 0 Å². The van der Waals surface area contributed by atoms with Crippen LogP contribution < -0.4 is 4.74 Å². The van der Waals surface area contributed by atoms with Crippen LogP contribution in [0.15, 0.2) is 36.4 Å². The van der Waals surface area contributed by atoms with Crippen LogP contribution in [0.2, 0.25) is 0 Å². The van der Waals surface area contributed by atoms with Crippen molar-refractivity contribution in [3.8, 4) is 5.75 Å². The fourth-order valence-electron chi connectivity index (χ4n) is 1.30. The third kappa shape index (κ3) is 2.72. The maximum atomic E-state index is 11.7. The highest BCUT2D eigenvalue weighted by Crippen LogP contribution is 2.25. The Hall–Kier alpha value is -2.21. The first-order valence-electron chi connectivity index (χ1n) is 5.09. The quantitative estimate of drug-likeness (QED) is 0.369. The van der Waals surface area contributed by atoms with Crippen molar-refractivity contribution < 1.29 is 14.5 Å². The molecule has 0 saturated heterocycles. The molecule has 0 aliphatic carbocycles. The summed E-state index contributed by atoms with van der Waals surface area (Å²) in [7, 11) is 0. The van der Waals surface area contributed by atoms with Gasteiger partial charge in [-0.25, -0.2) is 4.79 Å². The van der Waals surface area contributed by atoms with E-state index in [4.69, 9.17) is 4.74 Å². The number of hydrogen-bond donors (Lipinski definition) is 0. The van der Waals surface area contributed by atoms with Crippen LogP contribution in [0.25, 0.3) is 0 Å². The summed E-state index contributed by atoms with van der Waals surface area (Å²) in [6, 6.07) is 9.67. The maximum Gasteiger partial charge on any atom is 0.353 e. The lowest BCUT2D eigenvalue weighted by Crippen LogP contribution is -2.06.